The molecule has 2 aromatic rings. The lowest BCUT2D eigenvalue weighted by atomic mass is 9.99. The number of amides is 1. The Bertz CT molecular complexity index is 849. The van der Waals surface area contributed by atoms with E-state index in [0.29, 0.717) is 6.04 Å². The summed E-state index contributed by atoms with van der Waals surface area (Å²) in [5, 5.41) is 3.63. The number of carbonyl (C=O) groups excluding carboxylic acids is 1. The minimum Gasteiger partial charge on any atom is -0.493 e. The summed E-state index contributed by atoms with van der Waals surface area (Å²) < 4.78 is 11.0. The zero-order valence-electron chi connectivity index (χ0n) is 16.0. The Balaban J connectivity index is 1.39. The zero-order chi connectivity index (χ0) is 18.8. The van der Waals surface area contributed by atoms with E-state index < -0.39 is 0 Å². The van der Waals surface area contributed by atoms with E-state index in [-0.39, 0.29) is 5.91 Å². The molecule has 1 heterocycles. The molecule has 0 radical (unpaired) electrons. The monoisotopic (exact) mass is 366 g/mol. The number of benzene rings is 2. The summed E-state index contributed by atoms with van der Waals surface area (Å²) in [5.74, 6) is 1.79. The summed E-state index contributed by atoms with van der Waals surface area (Å²) in [5.41, 5.74) is 4.53. The largest absolute Gasteiger partial charge is 0.493 e. The third-order valence-corrected chi connectivity index (χ3v) is 5.70. The minimum atomic E-state index is 0.150. The van der Waals surface area contributed by atoms with Crippen molar-refractivity contribution >= 4 is 5.91 Å². The van der Waals surface area contributed by atoms with Gasteiger partial charge in [0.25, 0.3) is 5.91 Å². The molecule has 0 aromatic heterocycles. The maximum Gasteiger partial charge on any atom is 0.254 e. The first kappa shape index (κ1) is 17.9. The number of hydrogen-bond donors (Lipinski definition) is 1. The zero-order valence-corrected chi connectivity index (χ0v) is 16.0. The summed E-state index contributed by atoms with van der Waals surface area (Å²) in [6.07, 6.45) is 2.95. The molecule has 2 aliphatic rings. The number of carbonyl (C=O) groups is 1. The maximum atomic E-state index is 12.7. The van der Waals surface area contributed by atoms with Crippen molar-refractivity contribution < 1.29 is 14.3 Å². The van der Waals surface area contributed by atoms with Crippen LogP contribution in [0.5, 0.6) is 11.5 Å². The van der Waals surface area contributed by atoms with Gasteiger partial charge < -0.3 is 19.7 Å². The van der Waals surface area contributed by atoms with Crippen molar-refractivity contribution in [3.8, 4) is 11.5 Å². The second-order valence-corrected chi connectivity index (χ2v) is 7.11. The molecule has 5 heteroatoms. The lowest BCUT2D eigenvalue weighted by molar-refractivity contribution is 0.0740. The van der Waals surface area contributed by atoms with Gasteiger partial charge in [0.1, 0.15) is 0 Å². The van der Waals surface area contributed by atoms with Gasteiger partial charge in [0.2, 0.25) is 0 Å². The summed E-state index contributed by atoms with van der Waals surface area (Å²) in [6.45, 7) is 2.31. The van der Waals surface area contributed by atoms with Crippen molar-refractivity contribution in [1.29, 1.82) is 0 Å². The van der Waals surface area contributed by atoms with E-state index in [1.54, 1.807) is 14.2 Å². The van der Waals surface area contributed by atoms with Crippen molar-refractivity contribution in [1.82, 2.24) is 10.2 Å². The van der Waals surface area contributed by atoms with Crippen LogP contribution in [0.25, 0.3) is 0 Å². The van der Waals surface area contributed by atoms with Crippen molar-refractivity contribution in [2.45, 2.75) is 25.3 Å². The highest BCUT2D eigenvalue weighted by atomic mass is 16.5. The van der Waals surface area contributed by atoms with Crippen LogP contribution in [0.15, 0.2) is 36.4 Å². The van der Waals surface area contributed by atoms with Crippen LogP contribution in [0, 0.1) is 0 Å². The van der Waals surface area contributed by atoms with E-state index in [9.17, 15) is 4.79 Å². The number of hydrogen-bond acceptors (Lipinski definition) is 4. The first-order chi connectivity index (χ1) is 13.2. The van der Waals surface area contributed by atoms with Gasteiger partial charge in [-0.05, 0) is 42.5 Å². The molecule has 1 N–H and O–H groups in total. The molecule has 0 unspecified atom stereocenters. The second-order valence-electron chi connectivity index (χ2n) is 7.11. The molecule has 1 amide bonds. The smallest absolute Gasteiger partial charge is 0.254 e. The first-order valence-corrected chi connectivity index (χ1v) is 9.57. The normalized spacial score (nSPS) is 18.2. The van der Waals surface area contributed by atoms with Gasteiger partial charge in [-0.3, -0.25) is 4.79 Å². The lowest BCUT2D eigenvalue weighted by Gasteiger charge is -2.29. The minimum absolute atomic E-state index is 0.150. The molecule has 0 fully saturated rings. The van der Waals surface area contributed by atoms with Crippen molar-refractivity contribution in [3.63, 3.8) is 0 Å². The van der Waals surface area contributed by atoms with E-state index in [2.05, 4.69) is 17.4 Å². The fourth-order valence-corrected chi connectivity index (χ4v) is 4.31. The Hall–Kier alpha value is -2.53. The van der Waals surface area contributed by atoms with Crippen LogP contribution in [-0.4, -0.2) is 44.7 Å². The second kappa shape index (κ2) is 7.61. The summed E-state index contributed by atoms with van der Waals surface area (Å²) in [6, 6.07) is 12.3. The Kier molecular flexibility index (Phi) is 5.03. The molecule has 27 heavy (non-hydrogen) atoms. The highest BCUT2D eigenvalue weighted by molar-refractivity contribution is 5.96. The average Bonchev–Trinajstić information content (AvgIpc) is 3.12. The third-order valence-electron chi connectivity index (χ3n) is 5.70. The van der Waals surface area contributed by atoms with Crippen LogP contribution >= 0.6 is 0 Å². The van der Waals surface area contributed by atoms with Crippen molar-refractivity contribution in [2.75, 3.05) is 33.9 Å². The number of rotatable bonds is 6. The fraction of sp³-hybridized carbons (Fsp3) is 0.409. The van der Waals surface area contributed by atoms with E-state index in [1.807, 2.05) is 29.2 Å². The van der Waals surface area contributed by atoms with Crippen LogP contribution in [0.1, 0.15) is 39.5 Å². The van der Waals surface area contributed by atoms with Gasteiger partial charge >= 0.3 is 0 Å². The Morgan fingerprint density at radius 3 is 2.78 bits per heavy atom. The number of nitrogens with zero attached hydrogens (tertiary/aromatic N) is 1. The van der Waals surface area contributed by atoms with E-state index in [0.717, 1.165) is 61.5 Å². The van der Waals surface area contributed by atoms with Crippen LogP contribution in [0.3, 0.4) is 0 Å². The molecule has 4 rings (SSSR count). The molecular formula is C22H26N2O3. The summed E-state index contributed by atoms with van der Waals surface area (Å²) in [4.78, 5) is 14.6. The molecule has 0 bridgehead atoms. The fourth-order valence-electron chi connectivity index (χ4n) is 4.31. The molecule has 0 saturated carbocycles. The highest BCUT2D eigenvalue weighted by Crippen LogP contribution is 2.42. The molecule has 2 aromatic carbocycles. The van der Waals surface area contributed by atoms with E-state index >= 15 is 0 Å². The van der Waals surface area contributed by atoms with Gasteiger partial charge in [0, 0.05) is 36.8 Å². The summed E-state index contributed by atoms with van der Waals surface area (Å²) >= 11 is 0. The lowest BCUT2D eigenvalue weighted by Crippen LogP contribution is -2.41. The molecule has 0 saturated heterocycles. The topological polar surface area (TPSA) is 50.8 Å². The predicted octanol–water partition coefficient (Wildman–Crippen LogP) is 2.98. The van der Waals surface area contributed by atoms with Gasteiger partial charge in [0.05, 0.1) is 14.2 Å². The SMILES string of the molecule is COc1ccc2c(c1OC)CC[C@H]2NCCN1CCc2ccccc2C1=O. The van der Waals surface area contributed by atoms with Gasteiger partial charge in [0.15, 0.2) is 11.5 Å². The highest BCUT2D eigenvalue weighted by Gasteiger charge is 2.28. The number of ether oxygens (including phenoxy) is 2. The number of methoxy groups -OCH3 is 2. The predicted molar refractivity (Wildman–Crippen MR) is 105 cm³/mol. The molecular weight excluding hydrogens is 340 g/mol. The van der Waals surface area contributed by atoms with E-state index in [1.165, 1.54) is 11.1 Å². The Labute approximate surface area is 160 Å². The van der Waals surface area contributed by atoms with Gasteiger partial charge in [-0.1, -0.05) is 24.3 Å². The molecule has 1 atom stereocenters. The van der Waals surface area contributed by atoms with Crippen molar-refractivity contribution in [2.24, 2.45) is 0 Å². The van der Waals surface area contributed by atoms with Crippen LogP contribution in [0.4, 0.5) is 0 Å². The average molecular weight is 366 g/mol. The van der Waals surface area contributed by atoms with Crippen molar-refractivity contribution in [3.05, 3.63) is 58.7 Å². The van der Waals surface area contributed by atoms with Crippen LogP contribution < -0.4 is 14.8 Å². The number of nitrogens with one attached hydrogen (secondary N) is 1. The van der Waals surface area contributed by atoms with Crippen LogP contribution in [-0.2, 0) is 12.8 Å². The molecule has 1 aliphatic carbocycles. The maximum absolute atomic E-state index is 12.7. The molecule has 0 spiro atoms. The molecule has 5 nitrogen and oxygen atoms in total. The summed E-state index contributed by atoms with van der Waals surface area (Å²) in [7, 11) is 3.36. The quantitative estimate of drug-likeness (QED) is 0.854. The molecule has 142 valence electrons. The Morgan fingerprint density at radius 1 is 1.11 bits per heavy atom. The van der Waals surface area contributed by atoms with E-state index in [4.69, 9.17) is 9.47 Å². The van der Waals surface area contributed by atoms with Gasteiger partial charge in [-0.2, -0.15) is 0 Å². The van der Waals surface area contributed by atoms with Gasteiger partial charge in [-0.15, -0.1) is 0 Å². The van der Waals surface area contributed by atoms with Crippen LogP contribution in [0.2, 0.25) is 0 Å². The Morgan fingerprint density at radius 2 is 1.96 bits per heavy atom. The standard InChI is InChI=1S/C22H26N2O3/c1-26-20-10-8-17-18(21(20)27-2)7-9-19(17)23-12-14-24-13-11-15-5-3-4-6-16(15)22(24)25/h3-6,8,10,19,23H,7,9,11-14H2,1-2H3/t19-/m1/s1. The first-order valence-electron chi connectivity index (χ1n) is 9.57. The number of fused-ring (bicyclic) bond motifs is 2. The van der Waals surface area contributed by atoms with Gasteiger partial charge in [-0.25, -0.2) is 0 Å². The molecule has 1 aliphatic heterocycles. The third kappa shape index (κ3) is 3.28.